The molecular formula is C20H22FN3OS. The van der Waals surface area contributed by atoms with Gasteiger partial charge >= 0.3 is 6.03 Å². The number of anilines is 1. The molecule has 26 heavy (non-hydrogen) atoms. The van der Waals surface area contributed by atoms with Gasteiger partial charge in [0.15, 0.2) is 5.13 Å². The van der Waals surface area contributed by atoms with Crippen molar-refractivity contribution in [3.05, 3.63) is 35.5 Å². The molecular weight excluding hydrogens is 349 g/mol. The highest BCUT2D eigenvalue weighted by Gasteiger charge is 2.51. The number of benzene rings is 1. The molecule has 4 saturated carbocycles. The van der Waals surface area contributed by atoms with Crippen molar-refractivity contribution in [3.63, 3.8) is 0 Å². The smallest absolute Gasteiger partial charge is 0.321 e. The molecule has 1 aromatic heterocycles. The number of halogens is 1. The van der Waals surface area contributed by atoms with E-state index >= 15 is 0 Å². The Kier molecular flexibility index (Phi) is 3.78. The lowest BCUT2D eigenvalue weighted by atomic mass is 9.53. The molecule has 0 saturated heterocycles. The van der Waals surface area contributed by atoms with Crippen molar-refractivity contribution in [3.8, 4) is 11.3 Å². The van der Waals surface area contributed by atoms with Gasteiger partial charge < -0.3 is 5.32 Å². The van der Waals surface area contributed by atoms with Crippen LogP contribution in [0.15, 0.2) is 29.6 Å². The lowest BCUT2D eigenvalue weighted by Gasteiger charge is -2.56. The van der Waals surface area contributed by atoms with Gasteiger partial charge in [0.2, 0.25) is 0 Å². The van der Waals surface area contributed by atoms with Crippen LogP contribution < -0.4 is 10.6 Å². The van der Waals surface area contributed by atoms with E-state index in [2.05, 4.69) is 15.6 Å². The fraction of sp³-hybridized carbons (Fsp3) is 0.500. The minimum absolute atomic E-state index is 0.00409. The van der Waals surface area contributed by atoms with Crippen molar-refractivity contribution < 1.29 is 9.18 Å². The topological polar surface area (TPSA) is 54.0 Å². The summed E-state index contributed by atoms with van der Waals surface area (Å²) in [6.45, 7) is 0. The molecule has 2 aromatic rings. The molecule has 0 unspecified atom stereocenters. The van der Waals surface area contributed by atoms with Crippen molar-refractivity contribution in [2.45, 2.75) is 44.1 Å². The van der Waals surface area contributed by atoms with Crippen molar-refractivity contribution in [2.24, 2.45) is 17.8 Å². The van der Waals surface area contributed by atoms with Crippen molar-refractivity contribution in [2.75, 3.05) is 5.32 Å². The van der Waals surface area contributed by atoms with E-state index in [4.69, 9.17) is 0 Å². The number of carbonyl (C=O) groups is 1. The number of thiazole rings is 1. The van der Waals surface area contributed by atoms with Gasteiger partial charge in [-0.05, 0) is 80.5 Å². The number of nitrogens with one attached hydrogen (secondary N) is 2. The number of urea groups is 1. The summed E-state index contributed by atoms with van der Waals surface area (Å²) in [6.07, 6.45) is 7.46. The van der Waals surface area contributed by atoms with Crippen LogP contribution in [0.5, 0.6) is 0 Å². The summed E-state index contributed by atoms with van der Waals surface area (Å²) < 4.78 is 13.1. The first-order valence-corrected chi connectivity index (χ1v) is 10.3. The number of hydrogen-bond acceptors (Lipinski definition) is 3. The maximum absolute atomic E-state index is 13.1. The van der Waals surface area contributed by atoms with Crippen LogP contribution in [0.1, 0.15) is 38.5 Å². The highest BCUT2D eigenvalue weighted by atomic mass is 32.1. The van der Waals surface area contributed by atoms with Crippen LogP contribution >= 0.6 is 11.3 Å². The minimum atomic E-state index is -0.266. The fourth-order valence-electron chi connectivity index (χ4n) is 5.72. The summed E-state index contributed by atoms with van der Waals surface area (Å²) in [4.78, 5) is 17.1. The van der Waals surface area contributed by atoms with E-state index in [1.54, 1.807) is 12.1 Å². The van der Waals surface area contributed by atoms with Gasteiger partial charge in [-0.15, -0.1) is 11.3 Å². The lowest BCUT2D eigenvalue weighted by Crippen LogP contribution is -2.60. The normalized spacial score (nSPS) is 31.8. The third-order valence-corrected chi connectivity index (χ3v) is 7.04. The Balaban J connectivity index is 1.26. The second kappa shape index (κ2) is 6.05. The first kappa shape index (κ1) is 16.2. The maximum atomic E-state index is 13.1. The van der Waals surface area contributed by atoms with Crippen molar-refractivity contribution in [1.29, 1.82) is 0 Å². The summed E-state index contributed by atoms with van der Waals surface area (Å²) in [7, 11) is 0. The molecule has 2 N–H and O–H groups in total. The van der Waals surface area contributed by atoms with Crippen LogP contribution in [0.2, 0.25) is 0 Å². The predicted molar refractivity (Wildman–Crippen MR) is 101 cm³/mol. The molecule has 1 heterocycles. The summed E-state index contributed by atoms with van der Waals surface area (Å²) >= 11 is 1.39. The zero-order valence-electron chi connectivity index (χ0n) is 14.5. The average molecular weight is 371 g/mol. The molecule has 4 nitrogen and oxygen atoms in total. The zero-order chi connectivity index (χ0) is 17.7. The minimum Gasteiger partial charge on any atom is -0.332 e. The molecule has 4 fully saturated rings. The highest BCUT2D eigenvalue weighted by molar-refractivity contribution is 7.14. The van der Waals surface area contributed by atoms with Crippen LogP contribution in [0.25, 0.3) is 11.3 Å². The summed E-state index contributed by atoms with van der Waals surface area (Å²) in [6, 6.07) is 6.09. The second-order valence-corrected chi connectivity index (χ2v) is 9.18. The molecule has 4 bridgehead atoms. The number of rotatable bonds is 3. The van der Waals surface area contributed by atoms with Gasteiger partial charge in [0.25, 0.3) is 0 Å². The van der Waals surface area contributed by atoms with E-state index in [0.29, 0.717) is 5.13 Å². The largest absolute Gasteiger partial charge is 0.332 e. The first-order chi connectivity index (χ1) is 12.6. The van der Waals surface area contributed by atoms with Crippen molar-refractivity contribution in [1.82, 2.24) is 10.3 Å². The second-order valence-electron chi connectivity index (χ2n) is 8.32. The predicted octanol–water partition coefficient (Wildman–Crippen LogP) is 5.04. The Bertz CT molecular complexity index is 797. The number of carbonyl (C=O) groups excluding carboxylic acids is 1. The van der Waals surface area contributed by atoms with Crippen LogP contribution in [0.3, 0.4) is 0 Å². The van der Waals surface area contributed by atoms with Crippen LogP contribution in [-0.4, -0.2) is 16.6 Å². The van der Waals surface area contributed by atoms with E-state index in [-0.39, 0.29) is 17.4 Å². The van der Waals surface area contributed by atoms with E-state index in [1.165, 1.54) is 42.7 Å². The van der Waals surface area contributed by atoms with Crippen LogP contribution in [0, 0.1) is 23.6 Å². The molecule has 6 rings (SSSR count). The fourth-order valence-corrected chi connectivity index (χ4v) is 6.43. The van der Waals surface area contributed by atoms with E-state index < -0.39 is 0 Å². The van der Waals surface area contributed by atoms with Gasteiger partial charge in [-0.3, -0.25) is 5.32 Å². The highest BCUT2D eigenvalue weighted by Crippen LogP contribution is 2.55. The molecule has 0 radical (unpaired) electrons. The molecule has 0 aliphatic heterocycles. The Labute approximate surface area is 156 Å². The Morgan fingerprint density at radius 1 is 1.08 bits per heavy atom. The number of nitrogens with zero attached hydrogens (tertiary/aromatic N) is 1. The quantitative estimate of drug-likeness (QED) is 0.794. The molecule has 4 aliphatic rings. The van der Waals surface area contributed by atoms with Gasteiger partial charge in [0, 0.05) is 16.5 Å². The van der Waals surface area contributed by atoms with Crippen molar-refractivity contribution >= 4 is 22.5 Å². The SMILES string of the molecule is O=C(Nc1nc(-c2ccc(F)cc2)cs1)NC12CC3CC(CC(C3)C1)C2. The molecule has 0 spiro atoms. The standard InChI is InChI=1S/C20H22FN3OS/c21-16-3-1-15(2-4-16)17-11-26-19(22-17)23-18(25)24-20-8-12-5-13(9-20)7-14(6-12)10-20/h1-4,11-14H,5-10H2,(H2,22,23,24,25). The molecule has 0 atom stereocenters. The van der Waals surface area contributed by atoms with Crippen LogP contribution in [-0.2, 0) is 0 Å². The molecule has 1 aromatic carbocycles. The van der Waals surface area contributed by atoms with Gasteiger partial charge in [-0.2, -0.15) is 0 Å². The number of aromatic nitrogens is 1. The Hall–Kier alpha value is -1.95. The third-order valence-electron chi connectivity index (χ3n) is 6.28. The molecule has 136 valence electrons. The van der Waals surface area contributed by atoms with E-state index in [0.717, 1.165) is 48.3 Å². The molecule has 2 amide bonds. The lowest BCUT2D eigenvalue weighted by molar-refractivity contribution is -0.0127. The zero-order valence-corrected chi connectivity index (χ0v) is 15.3. The molecule has 6 heteroatoms. The number of hydrogen-bond donors (Lipinski definition) is 2. The van der Waals surface area contributed by atoms with Gasteiger partial charge in [0.1, 0.15) is 5.82 Å². The number of amides is 2. The van der Waals surface area contributed by atoms with E-state index in [9.17, 15) is 9.18 Å². The maximum Gasteiger partial charge on any atom is 0.321 e. The van der Waals surface area contributed by atoms with Gasteiger partial charge in [-0.1, -0.05) is 0 Å². The Morgan fingerprint density at radius 3 is 2.31 bits per heavy atom. The average Bonchev–Trinajstić information content (AvgIpc) is 3.02. The van der Waals surface area contributed by atoms with E-state index in [1.807, 2.05) is 5.38 Å². The molecule has 4 aliphatic carbocycles. The summed E-state index contributed by atoms with van der Waals surface area (Å²) in [5.41, 5.74) is 1.59. The van der Waals surface area contributed by atoms with Gasteiger partial charge in [-0.25, -0.2) is 14.2 Å². The Morgan fingerprint density at radius 2 is 1.69 bits per heavy atom. The van der Waals surface area contributed by atoms with Gasteiger partial charge in [0.05, 0.1) is 5.69 Å². The third kappa shape index (κ3) is 3.00. The summed E-state index contributed by atoms with van der Waals surface area (Å²) in [5.74, 6) is 2.13. The first-order valence-electron chi connectivity index (χ1n) is 9.38. The monoisotopic (exact) mass is 371 g/mol. The van der Waals surface area contributed by atoms with Crippen LogP contribution in [0.4, 0.5) is 14.3 Å². The summed E-state index contributed by atoms with van der Waals surface area (Å²) in [5, 5.41) is 8.66.